The Morgan fingerprint density at radius 2 is 2.00 bits per heavy atom. The van der Waals surface area contributed by atoms with Crippen molar-refractivity contribution in [3.8, 4) is 0 Å². The summed E-state index contributed by atoms with van der Waals surface area (Å²) in [7, 11) is 4.17. The van der Waals surface area contributed by atoms with E-state index in [1.54, 1.807) is 0 Å². The van der Waals surface area contributed by atoms with Gasteiger partial charge in [0.25, 0.3) is 0 Å². The minimum Gasteiger partial charge on any atom is -0.465 e. The number of ether oxygens (including phenoxy) is 1. The molecule has 0 N–H and O–H groups in total. The van der Waals surface area contributed by atoms with E-state index >= 15 is 0 Å². The van der Waals surface area contributed by atoms with Gasteiger partial charge in [0.05, 0.1) is 12.1 Å². The number of likely N-dealkylation sites (tertiary alicyclic amines) is 1. The zero-order chi connectivity index (χ0) is 11.1. The molecule has 0 aromatic heterocycles. The number of carbonyl (C=O) groups excluding carboxylic acids is 1. The quantitative estimate of drug-likeness (QED) is 0.488. The topological polar surface area (TPSA) is 32.6 Å². The van der Waals surface area contributed by atoms with E-state index < -0.39 is 0 Å². The van der Waals surface area contributed by atoms with E-state index in [0.29, 0.717) is 6.61 Å². The third-order valence-corrected chi connectivity index (χ3v) is 3.89. The Bertz CT molecular complexity index is 259. The van der Waals surface area contributed by atoms with Crippen LogP contribution >= 0.6 is 0 Å². The fraction of sp³-hybridized carbons (Fsp3) is 0.909. The van der Waals surface area contributed by atoms with Crippen LogP contribution in [0.25, 0.3) is 0 Å². The maximum absolute atomic E-state index is 11.7. The molecule has 0 aliphatic carbocycles. The summed E-state index contributed by atoms with van der Waals surface area (Å²) in [5.74, 6) is -0.0375. The number of hydrogen-bond acceptors (Lipinski definition) is 4. The SMILES string of the molecule is CCOC(=O)C1N(C)C12CCN(C)CC2. The van der Waals surface area contributed by atoms with Gasteiger partial charge in [-0.1, -0.05) is 0 Å². The Labute approximate surface area is 91.2 Å². The molecule has 2 fully saturated rings. The predicted octanol–water partition coefficient (Wildman–Crippen LogP) is 0.328. The maximum Gasteiger partial charge on any atom is 0.325 e. The monoisotopic (exact) mass is 212 g/mol. The number of likely N-dealkylation sites (N-methyl/N-ethyl adjacent to an activating group) is 1. The normalized spacial score (nSPS) is 34.1. The third kappa shape index (κ3) is 1.66. The molecule has 2 heterocycles. The summed E-state index contributed by atoms with van der Waals surface area (Å²) in [6, 6.07) is 0.0196. The molecule has 0 bridgehead atoms. The van der Waals surface area contributed by atoms with Gasteiger partial charge in [0.1, 0.15) is 6.04 Å². The second-order valence-electron chi connectivity index (χ2n) is 4.67. The number of nitrogens with zero attached hydrogens (tertiary/aromatic N) is 2. The molecule has 0 aromatic carbocycles. The van der Waals surface area contributed by atoms with Gasteiger partial charge in [-0.15, -0.1) is 0 Å². The lowest BCUT2D eigenvalue weighted by Gasteiger charge is -2.29. The average molecular weight is 212 g/mol. The zero-order valence-electron chi connectivity index (χ0n) is 9.82. The largest absolute Gasteiger partial charge is 0.465 e. The first-order chi connectivity index (χ1) is 7.12. The lowest BCUT2D eigenvalue weighted by molar-refractivity contribution is -0.143. The second-order valence-corrected chi connectivity index (χ2v) is 4.67. The Balaban J connectivity index is 1.97. The van der Waals surface area contributed by atoms with Crippen LogP contribution in [0.15, 0.2) is 0 Å². The average Bonchev–Trinajstić information content (AvgIpc) is 2.77. The molecule has 2 unspecified atom stereocenters. The van der Waals surface area contributed by atoms with Crippen molar-refractivity contribution in [2.24, 2.45) is 0 Å². The minimum absolute atomic E-state index is 0.0196. The molecule has 0 saturated carbocycles. The van der Waals surface area contributed by atoms with E-state index in [-0.39, 0.29) is 17.6 Å². The van der Waals surface area contributed by atoms with Crippen LogP contribution in [0.5, 0.6) is 0 Å². The zero-order valence-corrected chi connectivity index (χ0v) is 9.82. The van der Waals surface area contributed by atoms with Crippen LogP contribution in [0.1, 0.15) is 19.8 Å². The molecule has 86 valence electrons. The Morgan fingerprint density at radius 1 is 1.40 bits per heavy atom. The van der Waals surface area contributed by atoms with E-state index in [2.05, 4.69) is 16.8 Å². The summed E-state index contributed by atoms with van der Waals surface area (Å²) < 4.78 is 5.10. The molecule has 2 aliphatic heterocycles. The van der Waals surface area contributed by atoms with Gasteiger partial charge in [-0.05, 0) is 47.0 Å². The van der Waals surface area contributed by atoms with Gasteiger partial charge in [0.2, 0.25) is 0 Å². The number of carbonyl (C=O) groups is 1. The van der Waals surface area contributed by atoms with Gasteiger partial charge in [-0.2, -0.15) is 0 Å². The van der Waals surface area contributed by atoms with Crippen LogP contribution in [0.2, 0.25) is 0 Å². The summed E-state index contributed by atoms with van der Waals surface area (Å²) in [6.07, 6.45) is 2.17. The highest BCUT2D eigenvalue weighted by Crippen LogP contribution is 2.47. The first kappa shape index (κ1) is 10.9. The van der Waals surface area contributed by atoms with Gasteiger partial charge >= 0.3 is 5.97 Å². The molecule has 2 saturated heterocycles. The van der Waals surface area contributed by atoms with Crippen molar-refractivity contribution in [1.29, 1.82) is 0 Å². The van der Waals surface area contributed by atoms with Gasteiger partial charge in [0.15, 0.2) is 0 Å². The predicted molar refractivity (Wildman–Crippen MR) is 57.6 cm³/mol. The van der Waals surface area contributed by atoms with Crippen molar-refractivity contribution in [3.63, 3.8) is 0 Å². The fourth-order valence-electron chi connectivity index (χ4n) is 2.76. The Morgan fingerprint density at radius 3 is 2.53 bits per heavy atom. The highest BCUT2D eigenvalue weighted by atomic mass is 16.5. The molecule has 2 rings (SSSR count). The molecule has 2 atom stereocenters. The van der Waals surface area contributed by atoms with Crippen LogP contribution in [-0.4, -0.2) is 61.1 Å². The molecular weight excluding hydrogens is 192 g/mol. The smallest absolute Gasteiger partial charge is 0.325 e. The molecule has 0 amide bonds. The number of hydrogen-bond donors (Lipinski definition) is 0. The molecule has 2 aliphatic rings. The highest BCUT2D eigenvalue weighted by molar-refractivity contribution is 5.81. The van der Waals surface area contributed by atoms with E-state index in [1.165, 1.54) is 0 Å². The maximum atomic E-state index is 11.7. The molecule has 15 heavy (non-hydrogen) atoms. The van der Waals surface area contributed by atoms with E-state index in [9.17, 15) is 4.79 Å². The van der Waals surface area contributed by atoms with Gasteiger partial charge in [-0.3, -0.25) is 9.69 Å². The summed E-state index contributed by atoms with van der Waals surface area (Å²) in [4.78, 5) is 16.2. The summed E-state index contributed by atoms with van der Waals surface area (Å²) >= 11 is 0. The van der Waals surface area contributed by atoms with Crippen molar-refractivity contribution in [2.75, 3.05) is 33.8 Å². The van der Waals surface area contributed by atoms with Crippen molar-refractivity contribution in [1.82, 2.24) is 9.80 Å². The third-order valence-electron chi connectivity index (χ3n) is 3.89. The minimum atomic E-state index is -0.0375. The van der Waals surface area contributed by atoms with Gasteiger partial charge in [-0.25, -0.2) is 0 Å². The Hall–Kier alpha value is -0.610. The summed E-state index contributed by atoms with van der Waals surface area (Å²) in [5.41, 5.74) is 0.124. The van der Waals surface area contributed by atoms with E-state index in [1.807, 2.05) is 14.0 Å². The summed E-state index contributed by atoms with van der Waals surface area (Å²) in [5, 5.41) is 0. The van der Waals surface area contributed by atoms with Crippen LogP contribution in [0, 0.1) is 0 Å². The van der Waals surface area contributed by atoms with E-state index in [4.69, 9.17) is 4.74 Å². The molecular formula is C11H20N2O2. The standard InChI is InChI=1S/C11H20N2O2/c1-4-15-10(14)9-11(13(9)3)5-7-12(2)8-6-11/h9H,4-8H2,1-3H3. The Kier molecular flexibility index (Phi) is 2.73. The van der Waals surface area contributed by atoms with E-state index in [0.717, 1.165) is 25.9 Å². The first-order valence-corrected chi connectivity index (χ1v) is 5.70. The molecule has 1 spiro atoms. The summed E-state index contributed by atoms with van der Waals surface area (Å²) in [6.45, 7) is 4.52. The lowest BCUT2D eigenvalue weighted by atomic mass is 9.93. The number of esters is 1. The lowest BCUT2D eigenvalue weighted by Crippen LogP contribution is -2.38. The van der Waals surface area contributed by atoms with Crippen molar-refractivity contribution in [2.45, 2.75) is 31.3 Å². The van der Waals surface area contributed by atoms with Crippen molar-refractivity contribution >= 4 is 5.97 Å². The van der Waals surface area contributed by atoms with Gasteiger partial charge in [0, 0.05) is 0 Å². The molecule has 4 nitrogen and oxygen atoms in total. The van der Waals surface area contributed by atoms with Crippen LogP contribution < -0.4 is 0 Å². The number of piperidine rings is 1. The second kappa shape index (κ2) is 3.76. The highest BCUT2D eigenvalue weighted by Gasteiger charge is 2.64. The van der Waals surface area contributed by atoms with Crippen LogP contribution in [-0.2, 0) is 9.53 Å². The molecule has 0 radical (unpaired) electrons. The number of rotatable bonds is 2. The van der Waals surface area contributed by atoms with Gasteiger partial charge < -0.3 is 9.64 Å². The molecule has 0 aromatic rings. The van der Waals surface area contributed by atoms with Crippen molar-refractivity contribution < 1.29 is 9.53 Å². The fourth-order valence-corrected chi connectivity index (χ4v) is 2.76. The van der Waals surface area contributed by atoms with Crippen LogP contribution in [0.3, 0.4) is 0 Å². The molecule has 4 heteroatoms. The first-order valence-electron chi connectivity index (χ1n) is 5.70. The van der Waals surface area contributed by atoms with Crippen LogP contribution in [0.4, 0.5) is 0 Å². The van der Waals surface area contributed by atoms with Crippen molar-refractivity contribution in [3.05, 3.63) is 0 Å².